The van der Waals surface area contributed by atoms with Gasteiger partial charge in [0.05, 0.1) is 21.3 Å². The van der Waals surface area contributed by atoms with E-state index in [9.17, 15) is 10.1 Å². The number of rotatable bonds is 3. The van der Waals surface area contributed by atoms with Crippen molar-refractivity contribution in [1.29, 1.82) is 0 Å². The van der Waals surface area contributed by atoms with E-state index in [1.807, 2.05) is 48.5 Å². The van der Waals surface area contributed by atoms with E-state index < -0.39 is 0 Å². The third-order valence-corrected chi connectivity index (χ3v) is 3.93. The summed E-state index contributed by atoms with van der Waals surface area (Å²) >= 11 is 0. The number of para-hydroxylation sites is 2. The molecule has 0 spiro atoms. The summed E-state index contributed by atoms with van der Waals surface area (Å²) in [4.78, 5) is 18.6. The van der Waals surface area contributed by atoms with Crippen molar-refractivity contribution in [3.05, 3.63) is 82.2 Å². The number of aromatic nitrogens is 2. The molecule has 23 heavy (non-hydrogen) atoms. The molecule has 0 atom stereocenters. The Balaban J connectivity index is 1.73. The molecule has 0 unspecified atom stereocenters. The van der Waals surface area contributed by atoms with Crippen LogP contribution in [0.25, 0.3) is 21.8 Å². The highest BCUT2D eigenvalue weighted by molar-refractivity contribution is 5.91. The summed E-state index contributed by atoms with van der Waals surface area (Å²) in [5.74, 6) is 0.885. The Morgan fingerprint density at radius 3 is 2.74 bits per heavy atom. The molecule has 1 N–H and O–H groups in total. The minimum absolute atomic E-state index is 0.137. The van der Waals surface area contributed by atoms with Gasteiger partial charge in [0.25, 0.3) is 5.69 Å². The molecule has 0 saturated heterocycles. The third-order valence-electron chi connectivity index (χ3n) is 3.93. The van der Waals surface area contributed by atoms with Gasteiger partial charge in [-0.15, -0.1) is 0 Å². The zero-order valence-corrected chi connectivity index (χ0v) is 12.2. The summed E-state index contributed by atoms with van der Waals surface area (Å²) in [5, 5.41) is 12.6. The number of nitrogens with one attached hydrogen (secondary N) is 1. The lowest BCUT2D eigenvalue weighted by atomic mass is 10.0. The SMILES string of the molecule is O=[N+]([O-])c1cccc2cc(Cc3nc4ccccc4[nH]3)ccc12. The highest BCUT2D eigenvalue weighted by Gasteiger charge is 2.11. The van der Waals surface area contributed by atoms with Gasteiger partial charge in [0.2, 0.25) is 0 Å². The minimum atomic E-state index is -0.346. The molecule has 0 amide bonds. The van der Waals surface area contributed by atoms with Gasteiger partial charge in [-0.3, -0.25) is 10.1 Å². The number of fused-ring (bicyclic) bond motifs is 2. The normalized spacial score (nSPS) is 11.1. The van der Waals surface area contributed by atoms with Crippen molar-refractivity contribution in [2.75, 3.05) is 0 Å². The smallest absolute Gasteiger partial charge is 0.277 e. The lowest BCUT2D eigenvalue weighted by Crippen LogP contribution is -1.93. The van der Waals surface area contributed by atoms with Crippen molar-refractivity contribution >= 4 is 27.5 Å². The zero-order valence-electron chi connectivity index (χ0n) is 12.2. The first-order valence-electron chi connectivity index (χ1n) is 7.30. The van der Waals surface area contributed by atoms with Gasteiger partial charge in [-0.25, -0.2) is 4.98 Å². The van der Waals surface area contributed by atoms with Crippen LogP contribution >= 0.6 is 0 Å². The van der Waals surface area contributed by atoms with Crippen LogP contribution in [-0.4, -0.2) is 14.9 Å². The molecule has 0 bridgehead atoms. The van der Waals surface area contributed by atoms with E-state index in [4.69, 9.17) is 0 Å². The third kappa shape index (κ3) is 2.42. The maximum absolute atomic E-state index is 11.1. The van der Waals surface area contributed by atoms with Crippen LogP contribution in [0.1, 0.15) is 11.4 Å². The first kappa shape index (κ1) is 13.5. The van der Waals surface area contributed by atoms with E-state index in [1.165, 1.54) is 6.07 Å². The lowest BCUT2D eigenvalue weighted by molar-refractivity contribution is -0.383. The maximum Gasteiger partial charge on any atom is 0.277 e. The van der Waals surface area contributed by atoms with E-state index in [0.29, 0.717) is 11.8 Å². The molecule has 4 aromatic rings. The summed E-state index contributed by atoms with van der Waals surface area (Å²) in [7, 11) is 0. The van der Waals surface area contributed by atoms with Gasteiger partial charge in [-0.1, -0.05) is 36.4 Å². The molecule has 112 valence electrons. The molecule has 4 rings (SSSR count). The van der Waals surface area contributed by atoms with Gasteiger partial charge in [0, 0.05) is 12.5 Å². The molecule has 0 aliphatic rings. The monoisotopic (exact) mass is 303 g/mol. The topological polar surface area (TPSA) is 71.8 Å². The molecule has 1 aromatic heterocycles. The van der Waals surface area contributed by atoms with Crippen LogP contribution in [0.2, 0.25) is 0 Å². The number of benzene rings is 3. The Morgan fingerprint density at radius 2 is 1.91 bits per heavy atom. The molecule has 5 nitrogen and oxygen atoms in total. The van der Waals surface area contributed by atoms with Crippen LogP contribution < -0.4 is 0 Å². The van der Waals surface area contributed by atoms with Gasteiger partial charge >= 0.3 is 0 Å². The van der Waals surface area contributed by atoms with Crippen molar-refractivity contribution in [3.8, 4) is 0 Å². The number of non-ortho nitro benzene ring substituents is 1. The fourth-order valence-corrected chi connectivity index (χ4v) is 2.87. The van der Waals surface area contributed by atoms with Crippen molar-refractivity contribution in [1.82, 2.24) is 9.97 Å². The average molecular weight is 303 g/mol. The van der Waals surface area contributed by atoms with Crippen LogP contribution in [0, 0.1) is 10.1 Å². The van der Waals surface area contributed by atoms with E-state index in [1.54, 1.807) is 6.07 Å². The summed E-state index contributed by atoms with van der Waals surface area (Å²) in [6, 6.07) is 18.7. The average Bonchev–Trinajstić information content (AvgIpc) is 2.96. The quantitative estimate of drug-likeness (QED) is 0.455. The van der Waals surface area contributed by atoms with E-state index in [0.717, 1.165) is 27.8 Å². The molecule has 0 aliphatic heterocycles. The minimum Gasteiger partial charge on any atom is -0.342 e. The van der Waals surface area contributed by atoms with Crippen LogP contribution in [0.5, 0.6) is 0 Å². The Labute approximate surface area is 131 Å². The number of hydrogen-bond donors (Lipinski definition) is 1. The van der Waals surface area contributed by atoms with Gasteiger partial charge in [-0.2, -0.15) is 0 Å². The lowest BCUT2D eigenvalue weighted by Gasteiger charge is -2.03. The zero-order chi connectivity index (χ0) is 15.8. The van der Waals surface area contributed by atoms with Crippen LogP contribution in [0.15, 0.2) is 60.7 Å². The molecule has 1 heterocycles. The Kier molecular flexibility index (Phi) is 3.05. The Bertz CT molecular complexity index is 1000. The summed E-state index contributed by atoms with van der Waals surface area (Å²) in [6.07, 6.45) is 0.660. The Morgan fingerprint density at radius 1 is 1.04 bits per heavy atom. The number of H-pyrrole nitrogens is 1. The van der Waals surface area contributed by atoms with Crippen molar-refractivity contribution in [2.24, 2.45) is 0 Å². The summed E-state index contributed by atoms with van der Waals surface area (Å²) < 4.78 is 0. The van der Waals surface area contributed by atoms with Gasteiger partial charge in [0.15, 0.2) is 0 Å². The second-order valence-electron chi connectivity index (χ2n) is 5.47. The predicted octanol–water partition coefficient (Wildman–Crippen LogP) is 4.22. The molecule has 5 heteroatoms. The second kappa shape index (κ2) is 5.21. The maximum atomic E-state index is 11.1. The molecule has 3 aromatic carbocycles. The number of imidazole rings is 1. The summed E-state index contributed by atoms with van der Waals surface area (Å²) in [5.41, 5.74) is 3.16. The largest absolute Gasteiger partial charge is 0.342 e. The van der Waals surface area contributed by atoms with E-state index in [-0.39, 0.29) is 10.6 Å². The summed E-state index contributed by atoms with van der Waals surface area (Å²) in [6.45, 7) is 0. The fourth-order valence-electron chi connectivity index (χ4n) is 2.87. The number of nitrogens with zero attached hydrogens (tertiary/aromatic N) is 2. The molecule has 0 radical (unpaired) electrons. The molecular formula is C18H13N3O2. The molecule has 0 saturated carbocycles. The van der Waals surface area contributed by atoms with Crippen LogP contribution in [-0.2, 0) is 6.42 Å². The molecule has 0 fully saturated rings. The highest BCUT2D eigenvalue weighted by Crippen LogP contribution is 2.26. The Hall–Kier alpha value is -3.21. The van der Waals surface area contributed by atoms with E-state index in [2.05, 4.69) is 9.97 Å². The fraction of sp³-hybridized carbons (Fsp3) is 0.0556. The number of nitro groups is 1. The second-order valence-corrected chi connectivity index (χ2v) is 5.47. The van der Waals surface area contributed by atoms with Gasteiger partial charge in [0.1, 0.15) is 5.82 Å². The van der Waals surface area contributed by atoms with Crippen molar-refractivity contribution in [2.45, 2.75) is 6.42 Å². The first-order chi connectivity index (χ1) is 11.2. The number of hydrogen-bond acceptors (Lipinski definition) is 3. The molecule has 0 aliphatic carbocycles. The first-order valence-corrected chi connectivity index (χ1v) is 7.30. The van der Waals surface area contributed by atoms with Crippen molar-refractivity contribution in [3.63, 3.8) is 0 Å². The van der Waals surface area contributed by atoms with Crippen LogP contribution in [0.4, 0.5) is 5.69 Å². The highest BCUT2D eigenvalue weighted by atomic mass is 16.6. The number of nitro benzene ring substituents is 1. The van der Waals surface area contributed by atoms with Crippen LogP contribution in [0.3, 0.4) is 0 Å². The van der Waals surface area contributed by atoms with Crippen molar-refractivity contribution < 1.29 is 4.92 Å². The van der Waals surface area contributed by atoms with Gasteiger partial charge in [-0.05, 0) is 29.1 Å². The molecular weight excluding hydrogens is 290 g/mol. The van der Waals surface area contributed by atoms with E-state index >= 15 is 0 Å². The number of aromatic amines is 1. The van der Waals surface area contributed by atoms with Gasteiger partial charge < -0.3 is 4.98 Å². The predicted molar refractivity (Wildman–Crippen MR) is 89.5 cm³/mol. The standard InChI is InChI=1S/C18H13N3O2/c22-21(23)17-7-3-4-13-10-12(8-9-14(13)17)11-18-19-15-5-1-2-6-16(15)20-18/h1-10H,11H2,(H,19,20).